The molecule has 0 aromatic heterocycles. The Labute approximate surface area is 142 Å². The third kappa shape index (κ3) is 3.16. The van der Waals surface area contributed by atoms with E-state index in [1.165, 1.54) is 33.7 Å². The van der Waals surface area contributed by atoms with Crippen LogP contribution in [0.5, 0.6) is 0 Å². The molecule has 2 aliphatic rings. The van der Waals surface area contributed by atoms with Crippen LogP contribution in [0.4, 0.5) is 0 Å². The largest absolute Gasteiger partial charge is 0.298 e. The second-order valence-electron chi connectivity index (χ2n) is 4.72. The van der Waals surface area contributed by atoms with Gasteiger partial charge in [-0.3, -0.25) is 4.79 Å². The Morgan fingerprint density at radius 1 is 0.762 bits per heavy atom. The van der Waals surface area contributed by atoms with Gasteiger partial charge in [0.05, 0.1) is 8.47 Å². The molecule has 0 atom stereocenters. The first-order valence-corrected chi connectivity index (χ1v) is 9.74. The first-order valence-electron chi connectivity index (χ1n) is 6.48. The molecular formula is C16H14OS4. The SMILES string of the molecule is CC1=C(C)SC(=C2SC(C)=C(c3ccc(C=O)cc3)S2)S1. The van der Waals surface area contributed by atoms with E-state index in [4.69, 9.17) is 0 Å². The van der Waals surface area contributed by atoms with Gasteiger partial charge in [0, 0.05) is 15.4 Å². The Bertz CT molecular complexity index is 679. The lowest BCUT2D eigenvalue weighted by atomic mass is 10.1. The van der Waals surface area contributed by atoms with Crippen LogP contribution in [0.1, 0.15) is 36.7 Å². The van der Waals surface area contributed by atoms with Crippen molar-refractivity contribution in [3.05, 3.63) is 58.6 Å². The Morgan fingerprint density at radius 3 is 1.86 bits per heavy atom. The van der Waals surface area contributed by atoms with Crippen molar-refractivity contribution in [2.45, 2.75) is 20.8 Å². The molecule has 0 aliphatic carbocycles. The van der Waals surface area contributed by atoms with Crippen molar-refractivity contribution in [3.8, 4) is 0 Å². The zero-order valence-corrected chi connectivity index (χ0v) is 15.2. The third-order valence-corrected chi connectivity index (χ3v) is 9.04. The average Bonchev–Trinajstić information content (AvgIpc) is 3.03. The molecule has 2 heterocycles. The minimum absolute atomic E-state index is 0.726. The van der Waals surface area contributed by atoms with Gasteiger partial charge in [-0.1, -0.05) is 71.3 Å². The smallest absolute Gasteiger partial charge is 0.150 e. The minimum Gasteiger partial charge on any atom is -0.298 e. The van der Waals surface area contributed by atoms with Crippen LogP contribution in [0.15, 0.2) is 47.5 Å². The number of aldehydes is 1. The number of benzene rings is 1. The summed E-state index contributed by atoms with van der Waals surface area (Å²) in [5.41, 5.74) is 1.92. The summed E-state index contributed by atoms with van der Waals surface area (Å²) in [5.74, 6) is 0. The van der Waals surface area contributed by atoms with E-state index in [1.807, 2.05) is 71.3 Å². The molecule has 0 saturated carbocycles. The maximum Gasteiger partial charge on any atom is 0.150 e. The molecule has 0 N–H and O–H groups in total. The number of rotatable bonds is 2. The number of carbonyl (C=O) groups excluding carboxylic acids is 1. The highest BCUT2D eigenvalue weighted by Gasteiger charge is 2.26. The monoisotopic (exact) mass is 350 g/mol. The molecule has 0 bridgehead atoms. The van der Waals surface area contributed by atoms with E-state index in [1.54, 1.807) is 0 Å². The van der Waals surface area contributed by atoms with Gasteiger partial charge in [0.2, 0.25) is 0 Å². The fourth-order valence-corrected chi connectivity index (χ4v) is 7.41. The molecule has 21 heavy (non-hydrogen) atoms. The molecule has 108 valence electrons. The van der Waals surface area contributed by atoms with E-state index in [0.29, 0.717) is 0 Å². The maximum atomic E-state index is 10.8. The lowest BCUT2D eigenvalue weighted by Crippen LogP contribution is -1.82. The Kier molecular flexibility index (Phi) is 4.64. The lowest BCUT2D eigenvalue weighted by molar-refractivity contribution is 0.112. The molecular weight excluding hydrogens is 336 g/mol. The minimum atomic E-state index is 0.726. The van der Waals surface area contributed by atoms with Crippen LogP contribution in [0, 0.1) is 0 Å². The Hall–Kier alpha value is -0.490. The van der Waals surface area contributed by atoms with E-state index in [0.717, 1.165) is 11.8 Å². The van der Waals surface area contributed by atoms with Crippen LogP contribution in [0.2, 0.25) is 0 Å². The van der Waals surface area contributed by atoms with E-state index < -0.39 is 0 Å². The number of allylic oxidation sites excluding steroid dienone is 3. The first kappa shape index (κ1) is 15.4. The van der Waals surface area contributed by atoms with Gasteiger partial charge in [-0.25, -0.2) is 0 Å². The summed E-state index contributed by atoms with van der Waals surface area (Å²) in [4.78, 5) is 16.2. The van der Waals surface area contributed by atoms with Crippen LogP contribution in [-0.4, -0.2) is 6.29 Å². The molecule has 0 unspecified atom stereocenters. The molecule has 0 fully saturated rings. The highest BCUT2D eigenvalue weighted by atomic mass is 32.2. The quantitative estimate of drug-likeness (QED) is 0.563. The van der Waals surface area contributed by atoms with Gasteiger partial charge in [0.15, 0.2) is 0 Å². The van der Waals surface area contributed by atoms with E-state index in [2.05, 4.69) is 20.8 Å². The molecule has 5 heteroatoms. The molecule has 0 spiro atoms. The zero-order chi connectivity index (χ0) is 15.0. The van der Waals surface area contributed by atoms with E-state index in [9.17, 15) is 4.79 Å². The molecule has 0 saturated heterocycles. The highest BCUT2D eigenvalue weighted by Crippen LogP contribution is 2.61. The summed E-state index contributed by atoms with van der Waals surface area (Å²) >= 11 is 7.48. The van der Waals surface area contributed by atoms with E-state index >= 15 is 0 Å². The number of hydrogen-bond donors (Lipinski definition) is 0. The van der Waals surface area contributed by atoms with Gasteiger partial charge in [-0.2, -0.15) is 0 Å². The molecule has 0 radical (unpaired) electrons. The fraction of sp³-hybridized carbons (Fsp3) is 0.188. The summed E-state index contributed by atoms with van der Waals surface area (Å²) in [6, 6.07) is 7.84. The second-order valence-corrected chi connectivity index (χ2v) is 9.93. The van der Waals surface area contributed by atoms with Gasteiger partial charge >= 0.3 is 0 Å². The summed E-state index contributed by atoms with van der Waals surface area (Å²) < 4.78 is 2.78. The third-order valence-electron chi connectivity index (χ3n) is 3.22. The molecule has 1 aromatic carbocycles. The van der Waals surface area contributed by atoms with Crippen LogP contribution in [0.25, 0.3) is 4.91 Å². The molecule has 1 aromatic rings. The number of thioether (sulfide) groups is 4. The van der Waals surface area contributed by atoms with Gasteiger partial charge in [0.1, 0.15) is 6.29 Å². The Balaban J connectivity index is 1.84. The summed E-state index contributed by atoms with van der Waals surface area (Å²) in [7, 11) is 0. The van der Waals surface area contributed by atoms with Crippen molar-refractivity contribution in [2.24, 2.45) is 0 Å². The molecule has 2 aliphatic heterocycles. The van der Waals surface area contributed by atoms with Gasteiger partial charge < -0.3 is 0 Å². The second kappa shape index (κ2) is 6.32. The van der Waals surface area contributed by atoms with Gasteiger partial charge in [0.25, 0.3) is 0 Å². The maximum absolute atomic E-state index is 10.8. The van der Waals surface area contributed by atoms with Crippen LogP contribution in [0.3, 0.4) is 0 Å². The van der Waals surface area contributed by atoms with Crippen molar-refractivity contribution in [2.75, 3.05) is 0 Å². The summed E-state index contributed by atoms with van der Waals surface area (Å²) in [5, 5.41) is 0. The van der Waals surface area contributed by atoms with E-state index in [-0.39, 0.29) is 0 Å². The van der Waals surface area contributed by atoms with Gasteiger partial charge in [-0.15, -0.1) is 0 Å². The number of carbonyl (C=O) groups is 1. The standard InChI is InChI=1S/C16H14OS4/c1-9-10(2)19-15(18-9)16-20-11(3)14(21-16)13-6-4-12(8-17)5-7-13/h4-8H,1-3H3. The predicted octanol–water partition coefficient (Wildman–Crippen LogP) is 6.53. The van der Waals surface area contributed by atoms with Crippen molar-refractivity contribution in [3.63, 3.8) is 0 Å². The lowest BCUT2D eigenvalue weighted by Gasteiger charge is -2.04. The van der Waals surface area contributed by atoms with Crippen LogP contribution >= 0.6 is 47.0 Å². The first-order chi connectivity index (χ1) is 10.1. The van der Waals surface area contributed by atoms with Gasteiger partial charge in [-0.05, 0) is 36.1 Å². The zero-order valence-electron chi connectivity index (χ0n) is 11.9. The normalized spacial score (nSPS) is 19.0. The van der Waals surface area contributed by atoms with Crippen molar-refractivity contribution in [1.82, 2.24) is 0 Å². The molecule has 1 nitrogen and oxygen atoms in total. The predicted molar refractivity (Wildman–Crippen MR) is 100 cm³/mol. The molecule has 0 amide bonds. The molecule has 3 rings (SSSR count). The average molecular weight is 351 g/mol. The fourth-order valence-electron chi connectivity index (χ4n) is 1.96. The van der Waals surface area contributed by atoms with Crippen molar-refractivity contribution < 1.29 is 4.79 Å². The Morgan fingerprint density at radius 2 is 1.29 bits per heavy atom. The highest BCUT2D eigenvalue weighted by molar-refractivity contribution is 8.35. The van der Waals surface area contributed by atoms with Crippen molar-refractivity contribution in [1.29, 1.82) is 0 Å². The summed E-state index contributed by atoms with van der Waals surface area (Å²) in [6.07, 6.45) is 0.887. The van der Waals surface area contributed by atoms with Crippen LogP contribution < -0.4 is 0 Å². The topological polar surface area (TPSA) is 17.1 Å². The number of hydrogen-bond acceptors (Lipinski definition) is 5. The summed E-state index contributed by atoms with van der Waals surface area (Å²) in [6.45, 7) is 6.54. The van der Waals surface area contributed by atoms with Crippen molar-refractivity contribution >= 4 is 58.2 Å². The van der Waals surface area contributed by atoms with Crippen LogP contribution in [-0.2, 0) is 0 Å².